The number of carbonyl (C=O) groups is 1. The molecular weight excluding hydrogens is 437 g/mol. The van der Waals surface area contributed by atoms with Crippen molar-refractivity contribution in [3.8, 4) is 28.4 Å². The van der Waals surface area contributed by atoms with E-state index in [-0.39, 0.29) is 5.69 Å². The van der Waals surface area contributed by atoms with Crippen LogP contribution in [0.2, 0.25) is 0 Å². The maximum absolute atomic E-state index is 13.9. The lowest BCUT2D eigenvalue weighted by molar-refractivity contribution is -0.111. The van der Waals surface area contributed by atoms with E-state index in [0.717, 1.165) is 16.5 Å². The summed E-state index contributed by atoms with van der Waals surface area (Å²) < 4.78 is 36.0. The topological polar surface area (TPSA) is 69.9 Å². The number of carbonyl (C=O) groups excluding carboxylic acids is 1. The maximum atomic E-state index is 13.9. The summed E-state index contributed by atoms with van der Waals surface area (Å²) in [7, 11) is 4.72. The lowest BCUT2D eigenvalue weighted by Gasteiger charge is -2.11. The lowest BCUT2D eigenvalue weighted by Crippen LogP contribution is -2.10. The number of allylic oxidation sites excluding steroid dienone is 1. The smallest absolute Gasteiger partial charge is 0.248 e. The highest BCUT2D eigenvalue weighted by atomic mass is 19.1. The highest BCUT2D eigenvalue weighted by Gasteiger charge is 2.16. The number of methoxy groups -OCH3 is 3. The summed E-state index contributed by atoms with van der Waals surface area (Å²) >= 11 is 0. The van der Waals surface area contributed by atoms with E-state index in [2.05, 4.69) is 5.32 Å². The van der Waals surface area contributed by atoms with Crippen molar-refractivity contribution in [1.82, 2.24) is 0 Å². The third-order valence-electron chi connectivity index (χ3n) is 5.49. The van der Waals surface area contributed by atoms with E-state index in [9.17, 15) is 9.18 Å². The highest BCUT2D eigenvalue weighted by molar-refractivity contribution is 6.05. The van der Waals surface area contributed by atoms with Gasteiger partial charge in [0.2, 0.25) is 5.91 Å². The molecule has 6 nitrogen and oxygen atoms in total. The molecule has 0 fully saturated rings. The first-order valence-electron chi connectivity index (χ1n) is 10.5. The summed E-state index contributed by atoms with van der Waals surface area (Å²) in [4.78, 5) is 12.5. The molecule has 0 unspecified atom stereocenters. The maximum Gasteiger partial charge on any atom is 0.248 e. The van der Waals surface area contributed by atoms with E-state index in [1.54, 1.807) is 52.7 Å². The third-order valence-corrected chi connectivity index (χ3v) is 5.49. The molecule has 0 radical (unpaired) electrons. The van der Waals surface area contributed by atoms with E-state index in [4.69, 9.17) is 18.6 Å². The van der Waals surface area contributed by atoms with Crippen molar-refractivity contribution >= 4 is 28.1 Å². The number of hydrogen-bond acceptors (Lipinski definition) is 5. The van der Waals surface area contributed by atoms with Gasteiger partial charge in [0.25, 0.3) is 0 Å². The van der Waals surface area contributed by atoms with Crippen molar-refractivity contribution in [2.45, 2.75) is 6.92 Å². The Morgan fingerprint density at radius 2 is 1.68 bits per heavy atom. The Morgan fingerprint density at radius 1 is 0.941 bits per heavy atom. The Kier molecular flexibility index (Phi) is 6.54. The summed E-state index contributed by atoms with van der Waals surface area (Å²) in [5.74, 6) is 0.828. The first-order valence-corrected chi connectivity index (χ1v) is 10.5. The minimum Gasteiger partial charge on any atom is -0.496 e. The molecule has 4 rings (SSSR count). The van der Waals surface area contributed by atoms with Crippen molar-refractivity contribution in [3.63, 3.8) is 0 Å². The van der Waals surface area contributed by atoms with Crippen LogP contribution < -0.4 is 19.5 Å². The minimum atomic E-state index is -0.501. The van der Waals surface area contributed by atoms with Crippen LogP contribution in [0.5, 0.6) is 17.2 Å². The Morgan fingerprint density at radius 3 is 2.38 bits per heavy atom. The van der Waals surface area contributed by atoms with Crippen LogP contribution in [0, 0.1) is 5.82 Å². The second kappa shape index (κ2) is 9.70. The van der Waals surface area contributed by atoms with Gasteiger partial charge in [0.05, 0.1) is 33.3 Å². The number of halogens is 1. The molecule has 0 atom stereocenters. The van der Waals surface area contributed by atoms with Crippen LogP contribution in [0.4, 0.5) is 10.1 Å². The molecule has 0 aliphatic rings. The zero-order valence-corrected chi connectivity index (χ0v) is 19.3. The van der Waals surface area contributed by atoms with Crippen LogP contribution in [0.25, 0.3) is 27.7 Å². The minimum absolute atomic E-state index is 0.115. The van der Waals surface area contributed by atoms with Crippen molar-refractivity contribution in [1.29, 1.82) is 0 Å². The number of para-hydroxylation sites is 1. The van der Waals surface area contributed by atoms with Gasteiger partial charge in [-0.2, -0.15) is 0 Å². The molecular formula is C27H24FNO5. The Bertz CT molecular complexity index is 1390. The van der Waals surface area contributed by atoms with E-state index < -0.39 is 11.7 Å². The molecule has 1 amide bonds. The van der Waals surface area contributed by atoms with E-state index >= 15 is 0 Å². The number of fused-ring (bicyclic) bond motifs is 1. The second-order valence-electron chi connectivity index (χ2n) is 7.56. The first kappa shape index (κ1) is 22.9. The fourth-order valence-electron chi connectivity index (χ4n) is 3.77. The Balaban J connectivity index is 1.74. The van der Waals surface area contributed by atoms with Crippen LogP contribution in [0.15, 0.2) is 71.4 Å². The van der Waals surface area contributed by atoms with Crippen molar-refractivity contribution in [3.05, 3.63) is 78.3 Å². The standard InChI is InChI=1S/C27H24FNO5/c1-16(11-27(30)29-22-8-6-5-7-21(22)28)18-13-19-20(15-34-25(19)14-24(18)32-3)17-9-10-23(31-2)26(12-17)33-4/h5-15H,1-4H3,(H,29,30)/b16-11+. The van der Waals surface area contributed by atoms with Crippen molar-refractivity contribution in [2.75, 3.05) is 26.6 Å². The van der Waals surface area contributed by atoms with Gasteiger partial charge in [0.1, 0.15) is 17.1 Å². The molecule has 0 bridgehead atoms. The fraction of sp³-hybridized carbons (Fsp3) is 0.148. The van der Waals surface area contributed by atoms with Crippen molar-refractivity contribution in [2.24, 2.45) is 0 Å². The average Bonchev–Trinajstić information content (AvgIpc) is 3.27. The number of anilines is 1. The van der Waals surface area contributed by atoms with Crippen molar-refractivity contribution < 1.29 is 27.8 Å². The van der Waals surface area contributed by atoms with Gasteiger partial charge in [-0.05, 0) is 48.4 Å². The number of furan rings is 1. The molecule has 0 spiro atoms. The highest BCUT2D eigenvalue weighted by Crippen LogP contribution is 2.39. The summed E-state index contributed by atoms with van der Waals surface area (Å²) in [5, 5.41) is 3.40. The molecule has 0 aliphatic carbocycles. The molecule has 1 N–H and O–H groups in total. The normalized spacial score (nSPS) is 11.4. The largest absolute Gasteiger partial charge is 0.496 e. The molecule has 0 aliphatic heterocycles. The summed E-state index contributed by atoms with van der Waals surface area (Å²) in [6.07, 6.45) is 3.07. The molecule has 4 aromatic rings. The molecule has 174 valence electrons. The van der Waals surface area contributed by atoms with Crippen LogP contribution in [0.1, 0.15) is 12.5 Å². The number of nitrogens with one attached hydrogen (secondary N) is 1. The molecule has 0 saturated carbocycles. The number of amides is 1. The predicted molar refractivity (Wildman–Crippen MR) is 130 cm³/mol. The van der Waals surface area contributed by atoms with Gasteiger partial charge < -0.3 is 23.9 Å². The van der Waals surface area contributed by atoms with Crippen LogP contribution >= 0.6 is 0 Å². The second-order valence-corrected chi connectivity index (χ2v) is 7.56. The molecule has 34 heavy (non-hydrogen) atoms. The summed E-state index contributed by atoms with van der Waals surface area (Å²) in [5.41, 5.74) is 3.84. The molecule has 7 heteroatoms. The predicted octanol–water partition coefficient (Wildman–Crippen LogP) is 6.31. The van der Waals surface area contributed by atoms with E-state index in [1.165, 1.54) is 18.2 Å². The molecule has 0 saturated heterocycles. The molecule has 3 aromatic carbocycles. The van der Waals surface area contributed by atoms with Gasteiger partial charge in [-0.25, -0.2) is 4.39 Å². The van der Waals surface area contributed by atoms with Crippen LogP contribution in [-0.4, -0.2) is 27.2 Å². The monoisotopic (exact) mass is 461 g/mol. The van der Waals surface area contributed by atoms with Gasteiger partial charge in [-0.15, -0.1) is 0 Å². The van der Waals surface area contributed by atoms with E-state index in [1.807, 2.05) is 24.3 Å². The van der Waals surface area contributed by atoms with Gasteiger partial charge in [0, 0.05) is 28.7 Å². The van der Waals surface area contributed by atoms with Gasteiger partial charge in [-0.3, -0.25) is 4.79 Å². The SMILES string of the molecule is COc1ccc(-c2coc3cc(OC)c(/C(C)=C/C(=O)Nc4ccccc4F)cc23)cc1OC. The van der Waals surface area contributed by atoms with Crippen LogP contribution in [0.3, 0.4) is 0 Å². The first-order chi connectivity index (χ1) is 16.4. The third kappa shape index (κ3) is 4.45. The number of ether oxygens (including phenoxy) is 3. The Labute approximate surface area is 196 Å². The molecule has 1 heterocycles. The number of hydrogen-bond donors (Lipinski definition) is 1. The fourth-order valence-corrected chi connectivity index (χ4v) is 3.77. The number of rotatable bonds is 7. The summed E-state index contributed by atoms with van der Waals surface area (Å²) in [6, 6.07) is 15.3. The quantitative estimate of drug-likeness (QED) is 0.327. The summed E-state index contributed by atoms with van der Waals surface area (Å²) in [6.45, 7) is 1.79. The van der Waals surface area contributed by atoms with Gasteiger partial charge in [-0.1, -0.05) is 18.2 Å². The van der Waals surface area contributed by atoms with Gasteiger partial charge >= 0.3 is 0 Å². The van der Waals surface area contributed by atoms with Gasteiger partial charge in [0.15, 0.2) is 11.5 Å². The Hall–Kier alpha value is -4.26. The average molecular weight is 461 g/mol. The lowest BCUT2D eigenvalue weighted by atomic mass is 9.99. The molecule has 1 aromatic heterocycles. The zero-order chi connectivity index (χ0) is 24.2. The van der Waals surface area contributed by atoms with Crippen LogP contribution in [-0.2, 0) is 4.79 Å². The zero-order valence-electron chi connectivity index (χ0n) is 19.3. The van der Waals surface area contributed by atoms with E-state index in [0.29, 0.717) is 34.0 Å². The number of benzene rings is 3.